The van der Waals surface area contributed by atoms with Crippen LogP contribution in [0.3, 0.4) is 0 Å². The zero-order valence-electron chi connectivity index (χ0n) is 35.4. The van der Waals surface area contributed by atoms with Crippen molar-refractivity contribution in [2.45, 2.75) is 180 Å². The van der Waals surface area contributed by atoms with Gasteiger partial charge >= 0.3 is 33.3 Å². The average molecular weight is 884 g/mol. The van der Waals surface area contributed by atoms with E-state index in [4.69, 9.17) is 29.0 Å². The summed E-state index contributed by atoms with van der Waals surface area (Å²) in [6.07, 6.45) is 11.3. The molecule has 3 unspecified atom stereocenters. The van der Waals surface area contributed by atoms with Gasteiger partial charge < -0.3 is 39.9 Å². The molecule has 0 saturated carbocycles. The van der Waals surface area contributed by atoms with Crippen molar-refractivity contribution in [2.75, 3.05) is 25.6 Å². The number of anilines is 1. The summed E-state index contributed by atoms with van der Waals surface area (Å²) in [4.78, 5) is 61.4. The van der Waals surface area contributed by atoms with E-state index in [-0.39, 0.29) is 18.7 Å². The Morgan fingerprint density at radius 1 is 0.763 bits per heavy atom. The van der Waals surface area contributed by atoms with Gasteiger partial charge in [-0.05, 0) is 30.7 Å². The van der Waals surface area contributed by atoms with Crippen molar-refractivity contribution < 1.29 is 66.3 Å². The largest absolute Gasteiger partial charge is 0.481 e. The second-order valence-electron chi connectivity index (χ2n) is 16.2. The molecular formula is C39H71N3O15P2. The van der Waals surface area contributed by atoms with E-state index in [1.165, 1.54) is 51.0 Å². The van der Waals surface area contributed by atoms with Crippen LogP contribution in [-0.2, 0) is 46.3 Å². The molecule has 1 aliphatic heterocycles. The number of aliphatic hydroxyl groups is 2. The zero-order valence-corrected chi connectivity index (χ0v) is 37.2. The first-order valence-corrected chi connectivity index (χ1v) is 24.3. The van der Waals surface area contributed by atoms with Gasteiger partial charge in [-0.1, -0.05) is 124 Å². The van der Waals surface area contributed by atoms with Crippen LogP contribution in [0.5, 0.6) is 0 Å². The summed E-state index contributed by atoms with van der Waals surface area (Å²) in [6, 6.07) is 1.25. The highest BCUT2D eigenvalue weighted by molar-refractivity contribution is 7.61. The molecule has 59 heavy (non-hydrogen) atoms. The van der Waals surface area contributed by atoms with Crippen LogP contribution in [0.1, 0.15) is 156 Å². The van der Waals surface area contributed by atoms with E-state index in [0.29, 0.717) is 24.7 Å². The van der Waals surface area contributed by atoms with E-state index in [1.807, 2.05) is 0 Å². The summed E-state index contributed by atoms with van der Waals surface area (Å²) in [5.74, 6) is 0.119. The molecule has 2 heterocycles. The second kappa shape index (κ2) is 28.4. The summed E-state index contributed by atoms with van der Waals surface area (Å²) in [5.41, 5.74) is 4.57. The third-order valence-corrected chi connectivity index (χ3v) is 12.4. The molecule has 0 spiro atoms. The quantitative estimate of drug-likeness (QED) is 0.0274. The Labute approximate surface area is 349 Å². The highest BCUT2D eigenvalue weighted by Gasteiger charge is 2.46. The van der Waals surface area contributed by atoms with Crippen LogP contribution in [-0.4, -0.2) is 85.7 Å². The molecule has 1 aromatic rings. The summed E-state index contributed by atoms with van der Waals surface area (Å²) in [6.45, 7) is 6.59. The van der Waals surface area contributed by atoms with Gasteiger partial charge in [0.25, 0.3) is 0 Å². The molecule has 1 saturated heterocycles. The number of esters is 2. The lowest BCUT2D eigenvalue weighted by Gasteiger charge is -2.21. The van der Waals surface area contributed by atoms with Crippen molar-refractivity contribution in [1.29, 1.82) is 0 Å². The van der Waals surface area contributed by atoms with Crippen molar-refractivity contribution in [2.24, 2.45) is 11.8 Å². The lowest BCUT2D eigenvalue weighted by molar-refractivity contribution is -0.161. The van der Waals surface area contributed by atoms with Crippen molar-refractivity contribution in [1.82, 2.24) is 9.55 Å². The third kappa shape index (κ3) is 23.5. The SMILES string of the molecule is CC(C)CCCCCCCCCCC(=O)O[C@H](COC(=O)CCCCCCCCCC(C)C)COP(=O)(O)OP(=O)(O)OC[C@H]1O[C@@H](n2ccc(N)nc2=O)C(O)[C@H]1O. The first kappa shape index (κ1) is 52.9. The predicted molar refractivity (Wildman–Crippen MR) is 220 cm³/mol. The zero-order chi connectivity index (χ0) is 43.8. The minimum atomic E-state index is -5.41. The first-order valence-electron chi connectivity index (χ1n) is 21.3. The molecule has 0 aromatic carbocycles. The molecule has 20 heteroatoms. The number of aromatic nitrogens is 2. The van der Waals surface area contributed by atoms with Gasteiger partial charge in [-0.15, -0.1) is 0 Å². The number of hydrogen-bond donors (Lipinski definition) is 5. The minimum Gasteiger partial charge on any atom is -0.462 e. The van der Waals surface area contributed by atoms with Gasteiger partial charge in [-0.25, -0.2) is 13.9 Å². The van der Waals surface area contributed by atoms with E-state index >= 15 is 0 Å². The van der Waals surface area contributed by atoms with Crippen LogP contribution in [0.4, 0.5) is 5.82 Å². The normalized spacial score (nSPS) is 20.7. The van der Waals surface area contributed by atoms with E-state index in [9.17, 15) is 43.5 Å². The van der Waals surface area contributed by atoms with Gasteiger partial charge in [0, 0.05) is 19.0 Å². The number of carbonyl (C=O) groups excluding carboxylic acids is 2. The van der Waals surface area contributed by atoms with Crippen LogP contribution in [0.25, 0.3) is 0 Å². The molecule has 0 radical (unpaired) electrons. The molecule has 342 valence electrons. The van der Waals surface area contributed by atoms with Crippen molar-refractivity contribution in [3.05, 3.63) is 22.7 Å². The highest BCUT2D eigenvalue weighted by Crippen LogP contribution is 2.60. The Hall–Kier alpha value is -2.24. The number of hydrogen-bond acceptors (Lipinski definition) is 15. The van der Waals surface area contributed by atoms with Gasteiger partial charge in [0.05, 0.1) is 13.2 Å². The van der Waals surface area contributed by atoms with Crippen LogP contribution < -0.4 is 11.4 Å². The summed E-state index contributed by atoms with van der Waals surface area (Å²) in [7, 11) is -10.8. The van der Waals surface area contributed by atoms with Crippen molar-refractivity contribution in [3.63, 3.8) is 0 Å². The maximum absolute atomic E-state index is 12.7. The van der Waals surface area contributed by atoms with E-state index in [2.05, 4.69) is 37.0 Å². The minimum absolute atomic E-state index is 0.0530. The topological polar surface area (TPSA) is 265 Å². The molecule has 1 aromatic heterocycles. The molecule has 0 aliphatic carbocycles. The fraction of sp³-hybridized carbons (Fsp3) is 0.846. The monoisotopic (exact) mass is 883 g/mol. The average Bonchev–Trinajstić information content (AvgIpc) is 3.43. The molecule has 0 bridgehead atoms. The third-order valence-electron chi connectivity index (χ3n) is 9.80. The lowest BCUT2D eigenvalue weighted by Crippen LogP contribution is -2.36. The van der Waals surface area contributed by atoms with Gasteiger partial charge in [0.2, 0.25) is 0 Å². The Kier molecular flexibility index (Phi) is 25.4. The second-order valence-corrected chi connectivity index (χ2v) is 19.2. The first-order chi connectivity index (χ1) is 27.9. The maximum atomic E-state index is 12.7. The Morgan fingerprint density at radius 3 is 1.78 bits per heavy atom. The lowest BCUT2D eigenvalue weighted by atomic mass is 10.0. The van der Waals surface area contributed by atoms with E-state index in [0.717, 1.165) is 62.1 Å². The number of phosphoric acid groups is 2. The molecule has 7 atom stereocenters. The number of nitrogen functional groups attached to an aromatic ring is 1. The molecule has 6 N–H and O–H groups in total. The van der Waals surface area contributed by atoms with Crippen LogP contribution >= 0.6 is 15.6 Å². The molecule has 18 nitrogen and oxygen atoms in total. The van der Waals surface area contributed by atoms with E-state index in [1.54, 1.807) is 0 Å². The Bertz CT molecular complexity index is 1510. The number of rotatable bonds is 33. The fourth-order valence-electron chi connectivity index (χ4n) is 6.45. The molecule has 0 amide bonds. The number of nitrogens with zero attached hydrogens (tertiary/aromatic N) is 2. The van der Waals surface area contributed by atoms with Crippen molar-refractivity contribution >= 4 is 33.4 Å². The number of unbranched alkanes of at least 4 members (excludes halogenated alkanes) is 13. The summed E-state index contributed by atoms with van der Waals surface area (Å²) < 4.78 is 56.4. The number of ether oxygens (including phenoxy) is 3. The van der Waals surface area contributed by atoms with Crippen LogP contribution in [0.2, 0.25) is 0 Å². The summed E-state index contributed by atoms with van der Waals surface area (Å²) in [5, 5.41) is 20.8. The fourth-order valence-corrected chi connectivity index (χ4v) is 8.56. The van der Waals surface area contributed by atoms with Gasteiger partial charge in [-0.2, -0.15) is 9.29 Å². The van der Waals surface area contributed by atoms with Gasteiger partial charge in [-0.3, -0.25) is 23.2 Å². The molecule has 2 rings (SSSR count). The van der Waals surface area contributed by atoms with E-state index < -0.39 is 83.7 Å². The molecule has 1 fully saturated rings. The maximum Gasteiger partial charge on any atom is 0.481 e. The van der Waals surface area contributed by atoms with Crippen LogP contribution in [0, 0.1) is 11.8 Å². The number of phosphoric ester groups is 2. The molecule has 1 aliphatic rings. The summed E-state index contributed by atoms with van der Waals surface area (Å²) >= 11 is 0. The smallest absolute Gasteiger partial charge is 0.462 e. The number of aliphatic hydroxyl groups excluding tert-OH is 2. The number of carbonyl (C=O) groups is 2. The van der Waals surface area contributed by atoms with Gasteiger partial charge in [0.1, 0.15) is 30.7 Å². The standard InChI is InChI=1S/C39H71N3O15P2/c1-29(2)20-16-12-8-5-6-10-15-19-23-35(44)55-31(26-52-34(43)22-18-14-11-7-9-13-17-21-30(3)4)27-53-58(48,49)57-59(50,51)54-28-32-36(45)37(46)38(56-32)42-25-24-33(40)41-39(42)47/h24-25,29-32,36-38,45-46H,5-23,26-28H2,1-4H3,(H,48,49)(H,50,51)(H2,40,41,47)/t31-,32-,36+,37?,38-/m1/s1. The highest BCUT2D eigenvalue weighted by atomic mass is 31.3. The Balaban J connectivity index is 1.86. The molecular weight excluding hydrogens is 812 g/mol. The predicted octanol–water partition coefficient (Wildman–Crippen LogP) is 6.87. The van der Waals surface area contributed by atoms with Crippen molar-refractivity contribution in [3.8, 4) is 0 Å². The number of nitrogens with two attached hydrogens (primary N) is 1. The van der Waals surface area contributed by atoms with Gasteiger partial charge in [0.15, 0.2) is 12.3 Å². The van der Waals surface area contributed by atoms with Crippen LogP contribution in [0.15, 0.2) is 17.1 Å². The Morgan fingerprint density at radius 2 is 1.25 bits per heavy atom.